The van der Waals surface area contributed by atoms with Crippen molar-refractivity contribution < 1.29 is 17.6 Å². The van der Waals surface area contributed by atoms with Crippen LogP contribution in [0.15, 0.2) is 24.3 Å². The third-order valence-electron chi connectivity index (χ3n) is 4.58. The number of nitrogens with zero attached hydrogens (tertiary/aromatic N) is 2. The molecule has 2 unspecified atom stereocenters. The largest absolute Gasteiger partial charge is 0.406 e. The van der Waals surface area contributed by atoms with Gasteiger partial charge in [-0.1, -0.05) is 27.3 Å². The van der Waals surface area contributed by atoms with Gasteiger partial charge in [0.25, 0.3) is 0 Å². The van der Waals surface area contributed by atoms with Crippen molar-refractivity contribution in [1.29, 1.82) is 0 Å². The van der Waals surface area contributed by atoms with Crippen LogP contribution in [0.3, 0.4) is 0 Å². The van der Waals surface area contributed by atoms with Crippen LogP contribution in [0.4, 0.5) is 23.2 Å². The Morgan fingerprint density at radius 3 is 2.48 bits per heavy atom. The maximum absolute atomic E-state index is 14.2. The number of halogens is 4. The molecule has 1 saturated heterocycles. The van der Waals surface area contributed by atoms with E-state index < -0.39 is 18.9 Å². The molecule has 2 aromatic rings. The molecule has 0 amide bonds. The highest BCUT2D eigenvalue weighted by atomic mass is 19.4. The van der Waals surface area contributed by atoms with Crippen LogP contribution in [-0.2, 0) is 6.54 Å². The van der Waals surface area contributed by atoms with Gasteiger partial charge in [-0.05, 0) is 38.6 Å². The summed E-state index contributed by atoms with van der Waals surface area (Å²) in [6, 6.07) is 6.58. The van der Waals surface area contributed by atoms with Crippen molar-refractivity contribution in [2.75, 3.05) is 25.5 Å². The van der Waals surface area contributed by atoms with Gasteiger partial charge in [-0.3, -0.25) is 0 Å². The molecule has 1 fully saturated rings. The van der Waals surface area contributed by atoms with Gasteiger partial charge >= 0.3 is 6.18 Å². The normalized spacial score (nSPS) is 20.6. The van der Waals surface area contributed by atoms with Crippen molar-refractivity contribution in [2.45, 2.75) is 59.6 Å². The average Bonchev–Trinajstić information content (AvgIpc) is 2.87. The van der Waals surface area contributed by atoms with Gasteiger partial charge in [-0.25, -0.2) is 4.39 Å². The number of hydrogen-bond acceptors (Lipinski definition) is 2. The van der Waals surface area contributed by atoms with Crippen LogP contribution in [0.5, 0.6) is 0 Å². The smallest absolute Gasteiger partial charge is 0.379 e. The number of likely N-dealkylation sites (tertiary alicyclic amines) is 1. The minimum absolute atomic E-state index is 0. The lowest BCUT2D eigenvalue weighted by atomic mass is 10.0. The maximum Gasteiger partial charge on any atom is 0.406 e. The fraction of sp³-hybridized carbons (Fsp3) is 0.600. The molecular formula is C20H31F4N3. The molecule has 154 valence electrons. The van der Waals surface area contributed by atoms with Crippen LogP contribution >= 0.6 is 0 Å². The lowest BCUT2D eigenvalue weighted by Crippen LogP contribution is -2.46. The standard InChI is InChI=1S/C17H21F4N3.C2H6.CH4/c1-11-8-12-14(22-15-6-7-23(2)9-13(15)18)4-3-5-16(12)24(11)10-17(19,20)21;1-2;/h3-5,8,13,15,22H,6-7,9-10H2,1-2H3;1-2H3;1H4. The Morgan fingerprint density at radius 1 is 1.22 bits per heavy atom. The summed E-state index contributed by atoms with van der Waals surface area (Å²) in [6.07, 6.45) is -4.62. The summed E-state index contributed by atoms with van der Waals surface area (Å²) in [5, 5.41) is 3.90. The SMILES string of the molecule is C.CC.Cc1cc2c(NC3CCN(C)CC3F)cccc2n1CC(F)(F)F. The minimum Gasteiger partial charge on any atom is -0.379 e. The van der Waals surface area contributed by atoms with E-state index in [9.17, 15) is 17.6 Å². The zero-order valence-electron chi connectivity index (χ0n) is 15.7. The van der Waals surface area contributed by atoms with Gasteiger partial charge in [0.2, 0.25) is 0 Å². The number of hydrogen-bond donors (Lipinski definition) is 1. The second-order valence-electron chi connectivity index (χ2n) is 6.54. The zero-order valence-corrected chi connectivity index (χ0v) is 15.7. The van der Waals surface area contributed by atoms with E-state index in [1.54, 1.807) is 31.2 Å². The highest BCUT2D eigenvalue weighted by Gasteiger charge is 2.30. The van der Waals surface area contributed by atoms with Crippen LogP contribution in [0, 0.1) is 6.92 Å². The molecule has 3 rings (SSSR count). The molecule has 2 atom stereocenters. The molecule has 0 saturated carbocycles. The molecule has 27 heavy (non-hydrogen) atoms. The number of alkyl halides is 4. The molecular weight excluding hydrogens is 358 g/mol. The van der Waals surface area contributed by atoms with E-state index >= 15 is 0 Å². The van der Waals surface area contributed by atoms with Crippen molar-refractivity contribution in [3.8, 4) is 0 Å². The predicted molar refractivity (Wildman–Crippen MR) is 105 cm³/mol. The number of nitrogens with one attached hydrogen (secondary N) is 1. The van der Waals surface area contributed by atoms with E-state index in [0.717, 1.165) is 6.54 Å². The van der Waals surface area contributed by atoms with Gasteiger partial charge in [-0.15, -0.1) is 0 Å². The molecule has 7 heteroatoms. The van der Waals surface area contributed by atoms with Crippen LogP contribution in [0.2, 0.25) is 0 Å². The van der Waals surface area contributed by atoms with E-state index in [2.05, 4.69) is 5.32 Å². The van der Waals surface area contributed by atoms with Gasteiger partial charge in [0.1, 0.15) is 12.7 Å². The molecule has 1 N–H and O–H groups in total. The lowest BCUT2D eigenvalue weighted by molar-refractivity contribution is -0.140. The van der Waals surface area contributed by atoms with E-state index in [1.807, 2.05) is 25.8 Å². The van der Waals surface area contributed by atoms with Gasteiger partial charge in [0, 0.05) is 29.9 Å². The number of benzene rings is 1. The molecule has 0 bridgehead atoms. The summed E-state index contributed by atoms with van der Waals surface area (Å²) >= 11 is 0. The van der Waals surface area contributed by atoms with Crippen LogP contribution in [0.1, 0.15) is 33.4 Å². The number of rotatable bonds is 3. The Hall–Kier alpha value is -1.76. The van der Waals surface area contributed by atoms with Crippen molar-refractivity contribution in [1.82, 2.24) is 9.47 Å². The maximum atomic E-state index is 14.2. The summed E-state index contributed by atoms with van der Waals surface area (Å²) in [4.78, 5) is 1.94. The molecule has 1 aromatic carbocycles. The summed E-state index contributed by atoms with van der Waals surface area (Å²) in [6.45, 7) is 5.79. The highest BCUT2D eigenvalue weighted by molar-refractivity contribution is 5.93. The number of aromatic nitrogens is 1. The molecule has 0 aliphatic carbocycles. The van der Waals surface area contributed by atoms with Crippen LogP contribution < -0.4 is 5.32 Å². The van der Waals surface area contributed by atoms with E-state index in [4.69, 9.17) is 0 Å². The summed E-state index contributed by atoms with van der Waals surface area (Å²) in [5.41, 5.74) is 1.74. The Morgan fingerprint density at radius 2 is 1.89 bits per heavy atom. The summed E-state index contributed by atoms with van der Waals surface area (Å²) in [7, 11) is 1.88. The first kappa shape index (κ1) is 23.3. The Labute approximate surface area is 159 Å². The minimum atomic E-state index is -4.28. The Kier molecular flexibility index (Phi) is 8.14. The van der Waals surface area contributed by atoms with E-state index in [1.165, 1.54) is 4.57 Å². The number of fused-ring (bicyclic) bond motifs is 1. The third kappa shape index (κ3) is 5.61. The lowest BCUT2D eigenvalue weighted by Gasteiger charge is -2.33. The van der Waals surface area contributed by atoms with Crippen molar-refractivity contribution in [2.24, 2.45) is 0 Å². The molecule has 1 aliphatic rings. The monoisotopic (exact) mass is 389 g/mol. The van der Waals surface area contributed by atoms with E-state index in [-0.39, 0.29) is 13.5 Å². The third-order valence-corrected chi connectivity index (χ3v) is 4.58. The molecule has 3 nitrogen and oxygen atoms in total. The summed E-state index contributed by atoms with van der Waals surface area (Å²) < 4.78 is 53.9. The summed E-state index contributed by atoms with van der Waals surface area (Å²) in [5.74, 6) is 0. The first-order valence-corrected chi connectivity index (χ1v) is 8.99. The van der Waals surface area contributed by atoms with Crippen LogP contribution in [0.25, 0.3) is 10.9 Å². The topological polar surface area (TPSA) is 20.2 Å². The Balaban J connectivity index is 0.00000118. The predicted octanol–water partition coefficient (Wildman–Crippen LogP) is 5.63. The van der Waals surface area contributed by atoms with E-state index in [0.29, 0.717) is 35.2 Å². The second kappa shape index (κ2) is 9.44. The fourth-order valence-electron chi connectivity index (χ4n) is 3.35. The average molecular weight is 389 g/mol. The highest BCUT2D eigenvalue weighted by Crippen LogP contribution is 2.31. The fourth-order valence-corrected chi connectivity index (χ4v) is 3.35. The quantitative estimate of drug-likeness (QED) is 0.687. The molecule has 1 aliphatic heterocycles. The first-order valence-electron chi connectivity index (χ1n) is 8.99. The number of piperidine rings is 1. The number of aryl methyl sites for hydroxylation is 1. The molecule has 0 spiro atoms. The van der Waals surface area contributed by atoms with Gasteiger partial charge in [0.15, 0.2) is 0 Å². The molecule has 0 radical (unpaired) electrons. The number of anilines is 1. The van der Waals surface area contributed by atoms with Crippen molar-refractivity contribution in [3.63, 3.8) is 0 Å². The molecule has 1 aromatic heterocycles. The van der Waals surface area contributed by atoms with Crippen molar-refractivity contribution >= 4 is 16.6 Å². The van der Waals surface area contributed by atoms with Gasteiger partial charge in [-0.2, -0.15) is 13.2 Å². The van der Waals surface area contributed by atoms with Gasteiger partial charge < -0.3 is 14.8 Å². The van der Waals surface area contributed by atoms with Crippen LogP contribution in [-0.4, -0.2) is 48.0 Å². The first-order chi connectivity index (χ1) is 12.2. The second-order valence-corrected chi connectivity index (χ2v) is 6.54. The van der Waals surface area contributed by atoms with Crippen molar-refractivity contribution in [3.05, 3.63) is 30.0 Å². The Bertz CT molecular complexity index is 724. The van der Waals surface area contributed by atoms with Gasteiger partial charge in [0.05, 0.1) is 11.6 Å². The molecule has 2 heterocycles. The zero-order chi connectivity index (χ0) is 19.5.